The molecule has 6 nitrogen and oxygen atoms in total. The summed E-state index contributed by atoms with van der Waals surface area (Å²) in [6.07, 6.45) is -1.57. The number of amides is 1. The van der Waals surface area contributed by atoms with Gasteiger partial charge in [0.1, 0.15) is 6.54 Å². The number of carboxylic acids is 1. The van der Waals surface area contributed by atoms with Crippen molar-refractivity contribution in [1.29, 1.82) is 0 Å². The van der Waals surface area contributed by atoms with Gasteiger partial charge >= 0.3 is 6.09 Å². The Hall–Kier alpha value is -1.30. The highest BCUT2D eigenvalue weighted by atomic mass is 16.6. The Morgan fingerprint density at radius 3 is 2.18 bits per heavy atom. The minimum atomic E-state index is -1.22. The number of rotatable bonds is 6. The molecule has 0 saturated heterocycles. The minimum absolute atomic E-state index is 0.0461. The number of carbonyl (C=O) groups is 2. The number of aliphatic carboxylic acids is 1. The largest absolute Gasteiger partial charge is 0.550 e. The number of carboxylic acid groups (broad SMARTS) is 1. The number of carbonyl (C=O) groups excluding carboxylic acids is 2. The van der Waals surface area contributed by atoms with E-state index >= 15 is 0 Å². The molecule has 0 spiro atoms. The van der Waals surface area contributed by atoms with Crippen molar-refractivity contribution in [2.75, 3.05) is 27.7 Å². The fourth-order valence-electron chi connectivity index (χ4n) is 1.36. The van der Waals surface area contributed by atoms with Gasteiger partial charge in [0.05, 0.1) is 21.1 Å². The molecule has 0 bridgehead atoms. The number of nitrogens with zero attached hydrogens (tertiary/aromatic N) is 1. The zero-order chi connectivity index (χ0) is 13.6. The molecular weight excluding hydrogens is 224 g/mol. The van der Waals surface area contributed by atoms with Crippen molar-refractivity contribution in [1.82, 2.24) is 5.32 Å². The highest BCUT2D eigenvalue weighted by Gasteiger charge is 2.22. The molecule has 1 amide bonds. The van der Waals surface area contributed by atoms with Crippen LogP contribution in [0.1, 0.15) is 20.3 Å². The maximum atomic E-state index is 11.4. The fourth-order valence-corrected chi connectivity index (χ4v) is 1.36. The number of quaternary nitrogens is 1. The first-order chi connectivity index (χ1) is 7.60. The molecule has 0 heterocycles. The summed E-state index contributed by atoms with van der Waals surface area (Å²) < 4.78 is 5.57. The summed E-state index contributed by atoms with van der Waals surface area (Å²) in [6.45, 7) is 4.02. The third-order valence-corrected chi connectivity index (χ3v) is 1.83. The number of alkyl carbamates (subject to hydrolysis) is 1. The van der Waals surface area contributed by atoms with E-state index < -0.39 is 18.2 Å². The van der Waals surface area contributed by atoms with Crippen molar-refractivity contribution in [3.05, 3.63) is 0 Å². The molecule has 0 unspecified atom stereocenters. The molecule has 0 aromatic rings. The summed E-state index contributed by atoms with van der Waals surface area (Å²) in [6, 6.07) is -0.0461. The van der Waals surface area contributed by atoms with Crippen LogP contribution in [0.4, 0.5) is 4.79 Å². The van der Waals surface area contributed by atoms with Crippen molar-refractivity contribution in [2.45, 2.75) is 32.4 Å². The Morgan fingerprint density at radius 1 is 1.29 bits per heavy atom. The molecule has 100 valence electrons. The molecule has 1 atom stereocenters. The van der Waals surface area contributed by atoms with Crippen molar-refractivity contribution < 1.29 is 23.9 Å². The molecule has 0 aliphatic rings. The standard InChI is InChI=1S/C11H22N2O4/c1-8(2)12-11(16)17-9(6-10(14)15)7-13(3,4)5/h8-9H,6-7H2,1-5H3,(H-,12,14,15,16)/t9-/m1/s1. The zero-order valence-corrected chi connectivity index (χ0v) is 11.1. The fraction of sp³-hybridized carbons (Fsp3) is 0.818. The Labute approximate surface area is 102 Å². The van der Waals surface area contributed by atoms with Gasteiger partial charge in [-0.25, -0.2) is 4.79 Å². The van der Waals surface area contributed by atoms with Gasteiger partial charge in [0.2, 0.25) is 0 Å². The summed E-state index contributed by atoms with van der Waals surface area (Å²) in [7, 11) is 5.68. The lowest BCUT2D eigenvalue weighted by atomic mass is 10.2. The van der Waals surface area contributed by atoms with Crippen LogP contribution in [0.3, 0.4) is 0 Å². The van der Waals surface area contributed by atoms with E-state index in [4.69, 9.17) is 4.74 Å². The second-order valence-corrected chi connectivity index (χ2v) is 5.38. The molecule has 0 saturated carbocycles. The monoisotopic (exact) mass is 246 g/mol. The summed E-state index contributed by atoms with van der Waals surface area (Å²) in [5.41, 5.74) is 0. The van der Waals surface area contributed by atoms with Gasteiger partial charge in [-0.2, -0.15) is 0 Å². The SMILES string of the molecule is CC(C)NC(=O)O[C@H](CC(=O)[O-])C[N+](C)(C)C. The highest BCUT2D eigenvalue weighted by molar-refractivity contribution is 5.69. The molecule has 1 N–H and O–H groups in total. The Balaban J connectivity index is 4.38. The maximum absolute atomic E-state index is 11.4. The van der Waals surface area contributed by atoms with Gasteiger partial charge in [-0.15, -0.1) is 0 Å². The van der Waals surface area contributed by atoms with Gasteiger partial charge in [-0.05, 0) is 13.8 Å². The summed E-state index contributed by atoms with van der Waals surface area (Å²) >= 11 is 0. The van der Waals surface area contributed by atoms with Crippen LogP contribution >= 0.6 is 0 Å². The molecule has 0 fully saturated rings. The maximum Gasteiger partial charge on any atom is 0.407 e. The number of hydrogen-bond acceptors (Lipinski definition) is 4. The number of ether oxygens (including phenoxy) is 1. The lowest BCUT2D eigenvalue weighted by molar-refractivity contribution is -0.873. The topological polar surface area (TPSA) is 78.5 Å². The molecule has 17 heavy (non-hydrogen) atoms. The summed E-state index contributed by atoms with van der Waals surface area (Å²) in [4.78, 5) is 21.9. The van der Waals surface area contributed by atoms with Crippen molar-refractivity contribution in [2.24, 2.45) is 0 Å². The van der Waals surface area contributed by atoms with Crippen molar-refractivity contribution >= 4 is 12.1 Å². The normalized spacial score (nSPS) is 13.3. The van der Waals surface area contributed by atoms with Gasteiger partial charge in [0.15, 0.2) is 6.10 Å². The van der Waals surface area contributed by atoms with E-state index in [0.29, 0.717) is 11.0 Å². The van der Waals surface area contributed by atoms with Gasteiger partial charge in [0.25, 0.3) is 0 Å². The number of nitrogens with one attached hydrogen (secondary N) is 1. The molecular formula is C11H22N2O4. The van der Waals surface area contributed by atoms with E-state index in [9.17, 15) is 14.7 Å². The smallest absolute Gasteiger partial charge is 0.407 e. The first kappa shape index (κ1) is 15.7. The third-order valence-electron chi connectivity index (χ3n) is 1.83. The van der Waals surface area contributed by atoms with E-state index in [1.165, 1.54) is 0 Å². The first-order valence-corrected chi connectivity index (χ1v) is 5.57. The third kappa shape index (κ3) is 9.62. The summed E-state index contributed by atoms with van der Waals surface area (Å²) in [5, 5.41) is 13.1. The predicted octanol–water partition coefficient (Wildman–Crippen LogP) is -0.664. The molecule has 0 radical (unpaired) electrons. The van der Waals surface area contributed by atoms with Gasteiger partial charge in [-0.1, -0.05) is 0 Å². The Bertz CT molecular complexity index is 271. The number of hydrogen-bond donors (Lipinski definition) is 1. The van der Waals surface area contributed by atoms with E-state index in [1.54, 1.807) is 13.8 Å². The zero-order valence-electron chi connectivity index (χ0n) is 11.1. The molecule has 6 heteroatoms. The van der Waals surface area contributed by atoms with Crippen LogP contribution in [0, 0.1) is 0 Å². The molecule has 0 aromatic heterocycles. The first-order valence-electron chi connectivity index (χ1n) is 5.57. The molecule has 0 aromatic carbocycles. The van der Waals surface area contributed by atoms with Gasteiger partial charge < -0.3 is 24.4 Å². The lowest BCUT2D eigenvalue weighted by Gasteiger charge is -2.29. The van der Waals surface area contributed by atoms with Crippen molar-refractivity contribution in [3.63, 3.8) is 0 Å². The highest BCUT2D eigenvalue weighted by Crippen LogP contribution is 2.04. The average Bonchev–Trinajstić information content (AvgIpc) is 1.95. The van der Waals surface area contributed by atoms with Crippen LogP contribution in [-0.2, 0) is 9.53 Å². The van der Waals surface area contributed by atoms with Crippen LogP contribution in [0.25, 0.3) is 0 Å². The Morgan fingerprint density at radius 2 is 1.82 bits per heavy atom. The lowest BCUT2D eigenvalue weighted by Crippen LogP contribution is -2.46. The quantitative estimate of drug-likeness (QED) is 0.631. The predicted molar refractivity (Wildman–Crippen MR) is 61.1 cm³/mol. The van der Waals surface area contributed by atoms with Crippen LogP contribution in [0.2, 0.25) is 0 Å². The van der Waals surface area contributed by atoms with E-state index in [1.807, 2.05) is 21.1 Å². The molecule has 0 aliphatic heterocycles. The van der Waals surface area contributed by atoms with Crippen LogP contribution in [0.5, 0.6) is 0 Å². The summed E-state index contributed by atoms with van der Waals surface area (Å²) in [5.74, 6) is -1.22. The van der Waals surface area contributed by atoms with Crippen LogP contribution in [0.15, 0.2) is 0 Å². The van der Waals surface area contributed by atoms with E-state index in [0.717, 1.165) is 0 Å². The van der Waals surface area contributed by atoms with Crippen molar-refractivity contribution in [3.8, 4) is 0 Å². The minimum Gasteiger partial charge on any atom is -0.550 e. The van der Waals surface area contributed by atoms with E-state index in [-0.39, 0.29) is 12.5 Å². The Kier molecular flexibility index (Phi) is 5.95. The van der Waals surface area contributed by atoms with Crippen LogP contribution < -0.4 is 10.4 Å². The second kappa shape index (κ2) is 6.44. The van der Waals surface area contributed by atoms with Crippen LogP contribution in [-0.4, -0.2) is 56.4 Å². The second-order valence-electron chi connectivity index (χ2n) is 5.38. The average molecular weight is 246 g/mol. The molecule has 0 aliphatic carbocycles. The number of likely N-dealkylation sites (N-methyl/N-ethyl adjacent to an activating group) is 1. The van der Waals surface area contributed by atoms with Gasteiger partial charge in [0, 0.05) is 18.4 Å². The molecule has 0 rings (SSSR count). The van der Waals surface area contributed by atoms with E-state index in [2.05, 4.69) is 5.32 Å². The van der Waals surface area contributed by atoms with Gasteiger partial charge in [-0.3, -0.25) is 0 Å².